The quantitative estimate of drug-likeness (QED) is 0.282. The Morgan fingerprint density at radius 3 is 2.53 bits per heavy atom. The molecule has 17 heavy (non-hydrogen) atoms. The van der Waals surface area contributed by atoms with Crippen molar-refractivity contribution >= 4 is 5.97 Å². The van der Waals surface area contributed by atoms with Gasteiger partial charge >= 0.3 is 5.97 Å². The molecule has 98 valence electrons. The molecule has 1 unspecified atom stereocenters. The zero-order chi connectivity index (χ0) is 13.3. The lowest BCUT2D eigenvalue weighted by Crippen LogP contribution is -2.35. The maximum Gasteiger partial charge on any atom is 0.310 e. The van der Waals surface area contributed by atoms with E-state index in [1.54, 1.807) is 21.0 Å². The van der Waals surface area contributed by atoms with Gasteiger partial charge in [0.15, 0.2) is 12.4 Å². The van der Waals surface area contributed by atoms with Crippen molar-refractivity contribution in [3.63, 3.8) is 0 Å². The Morgan fingerprint density at radius 2 is 2.12 bits per heavy atom. The highest BCUT2D eigenvalue weighted by atomic mass is 16.7. The van der Waals surface area contributed by atoms with Gasteiger partial charge in [-0.2, -0.15) is 0 Å². The van der Waals surface area contributed by atoms with Crippen LogP contribution >= 0.6 is 0 Å². The van der Waals surface area contributed by atoms with Crippen LogP contribution in [0.15, 0.2) is 0 Å². The van der Waals surface area contributed by atoms with Gasteiger partial charge in [0.2, 0.25) is 0 Å². The summed E-state index contributed by atoms with van der Waals surface area (Å²) >= 11 is 0. The fourth-order valence-electron chi connectivity index (χ4n) is 1.28. The van der Waals surface area contributed by atoms with Crippen LogP contribution in [0, 0.1) is 18.3 Å². The molecule has 0 aromatic rings. The van der Waals surface area contributed by atoms with Crippen LogP contribution in [0.3, 0.4) is 0 Å². The lowest BCUT2D eigenvalue weighted by atomic mass is 10.0. The molecule has 0 radical (unpaired) electrons. The third kappa shape index (κ3) is 5.71. The summed E-state index contributed by atoms with van der Waals surface area (Å²) in [6, 6.07) is 0. The van der Waals surface area contributed by atoms with Crippen LogP contribution in [0.4, 0.5) is 0 Å². The van der Waals surface area contributed by atoms with E-state index in [0.29, 0.717) is 6.42 Å². The smallest absolute Gasteiger partial charge is 0.310 e. The van der Waals surface area contributed by atoms with E-state index in [4.69, 9.17) is 20.6 Å². The van der Waals surface area contributed by atoms with Crippen LogP contribution in [-0.2, 0) is 19.0 Å². The Labute approximate surface area is 104 Å². The lowest BCUT2D eigenvalue weighted by molar-refractivity contribution is -0.165. The molecule has 0 spiro atoms. The molecule has 0 aliphatic heterocycles. The second-order valence-electron chi connectivity index (χ2n) is 4.18. The van der Waals surface area contributed by atoms with Crippen molar-refractivity contribution in [2.24, 2.45) is 5.92 Å². The summed E-state index contributed by atoms with van der Waals surface area (Å²) in [5, 5.41) is 0. The molecule has 0 aliphatic carbocycles. The average molecular weight is 242 g/mol. The van der Waals surface area contributed by atoms with Gasteiger partial charge in [0, 0.05) is 7.11 Å². The maximum atomic E-state index is 11.2. The summed E-state index contributed by atoms with van der Waals surface area (Å²) in [6.45, 7) is 5.68. The largest absolute Gasteiger partial charge is 0.438 e. The second-order valence-corrected chi connectivity index (χ2v) is 4.18. The van der Waals surface area contributed by atoms with Gasteiger partial charge in [-0.1, -0.05) is 33.1 Å². The molecule has 0 aliphatic rings. The number of rotatable bonds is 8. The minimum atomic E-state index is -0.723. The number of esters is 1. The Bertz CT molecular complexity index is 267. The van der Waals surface area contributed by atoms with Gasteiger partial charge in [0.1, 0.15) is 0 Å². The van der Waals surface area contributed by atoms with Crippen molar-refractivity contribution in [3.8, 4) is 12.3 Å². The fraction of sp³-hybridized carbons (Fsp3) is 0.769. The van der Waals surface area contributed by atoms with Gasteiger partial charge in [-0.25, -0.2) is 0 Å². The van der Waals surface area contributed by atoms with Gasteiger partial charge < -0.3 is 14.2 Å². The fourth-order valence-corrected chi connectivity index (χ4v) is 1.28. The molecular formula is C13H22O4. The first-order valence-corrected chi connectivity index (χ1v) is 5.78. The molecule has 0 bridgehead atoms. The highest BCUT2D eigenvalue weighted by Crippen LogP contribution is 2.17. The molecule has 0 rings (SSSR count). The molecule has 4 nitrogen and oxygen atoms in total. The van der Waals surface area contributed by atoms with Crippen LogP contribution in [0.5, 0.6) is 0 Å². The Balaban J connectivity index is 4.00. The molecular weight excluding hydrogens is 220 g/mol. The van der Waals surface area contributed by atoms with E-state index in [2.05, 4.69) is 5.92 Å². The maximum absolute atomic E-state index is 11.2. The molecule has 0 aromatic carbocycles. The SMILES string of the molecule is C#CC(CCC)(COCOC(=O)C(C)C)OC. The number of carbonyl (C=O) groups excluding carboxylic acids is 1. The number of hydrogen-bond acceptors (Lipinski definition) is 4. The van der Waals surface area contributed by atoms with Gasteiger partial charge in [-0.15, -0.1) is 6.42 Å². The third-order valence-corrected chi connectivity index (χ3v) is 2.40. The predicted molar refractivity (Wildman–Crippen MR) is 65.2 cm³/mol. The molecule has 0 saturated carbocycles. The Morgan fingerprint density at radius 1 is 1.47 bits per heavy atom. The summed E-state index contributed by atoms with van der Waals surface area (Å²) in [6.07, 6.45) is 7.03. The van der Waals surface area contributed by atoms with Crippen molar-refractivity contribution in [2.75, 3.05) is 20.5 Å². The minimum Gasteiger partial charge on any atom is -0.438 e. The third-order valence-electron chi connectivity index (χ3n) is 2.40. The van der Waals surface area contributed by atoms with Crippen molar-refractivity contribution in [1.29, 1.82) is 0 Å². The van der Waals surface area contributed by atoms with Gasteiger partial charge in [-0.05, 0) is 6.42 Å². The predicted octanol–water partition coefficient (Wildman–Crippen LogP) is 1.98. The molecule has 0 aromatic heterocycles. The molecule has 0 fully saturated rings. The summed E-state index contributed by atoms with van der Waals surface area (Å²) in [5.41, 5.74) is -0.723. The van der Waals surface area contributed by atoms with Gasteiger partial charge in [0.25, 0.3) is 0 Å². The Kier molecular flexibility index (Phi) is 7.60. The summed E-state index contributed by atoms with van der Waals surface area (Å²) in [7, 11) is 1.55. The second kappa shape index (κ2) is 8.10. The first kappa shape index (κ1) is 16.0. The van der Waals surface area contributed by atoms with E-state index in [1.165, 1.54) is 0 Å². The van der Waals surface area contributed by atoms with Crippen molar-refractivity contribution in [1.82, 2.24) is 0 Å². The monoisotopic (exact) mass is 242 g/mol. The van der Waals surface area contributed by atoms with E-state index in [-0.39, 0.29) is 25.3 Å². The molecule has 0 heterocycles. The first-order valence-electron chi connectivity index (χ1n) is 5.78. The van der Waals surface area contributed by atoms with Crippen LogP contribution < -0.4 is 0 Å². The standard InChI is InChI=1S/C13H22O4/c1-6-8-13(7-2,15-5)9-16-10-17-12(14)11(3)4/h2,11H,6,8-10H2,1,3-5H3. The van der Waals surface area contributed by atoms with Crippen LogP contribution in [0.2, 0.25) is 0 Å². The molecule has 4 heteroatoms. The molecule has 0 amide bonds. The Hall–Kier alpha value is -1.05. The van der Waals surface area contributed by atoms with Crippen molar-refractivity contribution in [3.05, 3.63) is 0 Å². The summed E-state index contributed by atoms with van der Waals surface area (Å²) in [4.78, 5) is 11.2. The topological polar surface area (TPSA) is 44.8 Å². The number of terminal acetylenes is 1. The zero-order valence-corrected chi connectivity index (χ0v) is 11.1. The number of methoxy groups -OCH3 is 1. The highest BCUT2D eigenvalue weighted by Gasteiger charge is 2.26. The van der Waals surface area contributed by atoms with E-state index in [0.717, 1.165) is 6.42 Å². The minimum absolute atomic E-state index is 0.0898. The number of carbonyl (C=O) groups is 1. The number of hydrogen-bond donors (Lipinski definition) is 0. The van der Waals surface area contributed by atoms with Gasteiger partial charge in [-0.3, -0.25) is 4.79 Å². The highest BCUT2D eigenvalue weighted by molar-refractivity contribution is 5.71. The normalized spacial score (nSPS) is 14.1. The summed E-state index contributed by atoms with van der Waals surface area (Å²) in [5.74, 6) is 2.14. The lowest BCUT2D eigenvalue weighted by Gasteiger charge is -2.26. The molecule has 0 N–H and O–H groups in total. The molecule has 1 atom stereocenters. The zero-order valence-electron chi connectivity index (χ0n) is 11.1. The first-order chi connectivity index (χ1) is 8.01. The summed E-state index contributed by atoms with van der Waals surface area (Å²) < 4.78 is 15.4. The van der Waals surface area contributed by atoms with Gasteiger partial charge in [0.05, 0.1) is 12.5 Å². The number of ether oxygens (including phenoxy) is 3. The van der Waals surface area contributed by atoms with E-state index in [1.807, 2.05) is 6.92 Å². The molecule has 0 saturated heterocycles. The van der Waals surface area contributed by atoms with Crippen LogP contribution in [0.1, 0.15) is 33.6 Å². The van der Waals surface area contributed by atoms with Crippen molar-refractivity contribution < 1.29 is 19.0 Å². The average Bonchev–Trinajstić information content (AvgIpc) is 2.32. The van der Waals surface area contributed by atoms with Crippen LogP contribution in [-0.4, -0.2) is 32.1 Å². The van der Waals surface area contributed by atoms with Crippen molar-refractivity contribution in [2.45, 2.75) is 39.2 Å². The van der Waals surface area contributed by atoms with E-state index >= 15 is 0 Å². The van der Waals surface area contributed by atoms with Crippen LogP contribution in [0.25, 0.3) is 0 Å². The van der Waals surface area contributed by atoms with E-state index < -0.39 is 5.60 Å². The van der Waals surface area contributed by atoms with E-state index in [9.17, 15) is 4.79 Å².